The highest BCUT2D eigenvalue weighted by atomic mass is 35.5. The number of aliphatic imine (C=N–C) groups is 2. The average Bonchev–Trinajstić information content (AvgIpc) is 2.64. The van der Waals surface area contributed by atoms with E-state index in [0.717, 1.165) is 5.56 Å². The number of ether oxygens (including phenoxy) is 1. The van der Waals surface area contributed by atoms with Gasteiger partial charge >= 0.3 is 5.97 Å². The molecule has 0 spiro atoms. The van der Waals surface area contributed by atoms with Crippen molar-refractivity contribution in [1.82, 2.24) is 4.90 Å². The first-order chi connectivity index (χ1) is 12.5. The summed E-state index contributed by atoms with van der Waals surface area (Å²) in [4.78, 5) is 22.8. The second kappa shape index (κ2) is 7.02. The van der Waals surface area contributed by atoms with Crippen molar-refractivity contribution < 1.29 is 9.53 Å². The molecule has 0 saturated carbocycles. The number of nitrogens with two attached hydrogens (primary N) is 1. The number of halogens is 1. The van der Waals surface area contributed by atoms with Crippen LogP contribution in [0.1, 0.15) is 31.0 Å². The Morgan fingerprint density at radius 1 is 1.42 bits per heavy atom. The third-order valence-electron chi connectivity index (χ3n) is 4.07. The molecular weight excluding hydrogens is 354 g/mol. The zero-order valence-corrected chi connectivity index (χ0v) is 15.0. The van der Waals surface area contributed by atoms with E-state index in [9.17, 15) is 4.79 Å². The Kier molecular flexibility index (Phi) is 4.78. The second-order valence-electron chi connectivity index (χ2n) is 5.65. The Morgan fingerprint density at radius 2 is 2.12 bits per heavy atom. The summed E-state index contributed by atoms with van der Waals surface area (Å²) in [5, 5.41) is 9.17. The Labute approximate surface area is 155 Å². The quantitative estimate of drug-likeness (QED) is 0.651. The Hall–Kier alpha value is -3.11. The molecule has 8 heteroatoms. The fourth-order valence-electron chi connectivity index (χ4n) is 2.87. The molecule has 2 N–H and O–H groups in total. The number of rotatable bonds is 3. The van der Waals surface area contributed by atoms with Crippen LogP contribution in [0.25, 0.3) is 0 Å². The zero-order valence-electron chi connectivity index (χ0n) is 14.2. The molecule has 2 heterocycles. The third kappa shape index (κ3) is 2.95. The third-order valence-corrected chi connectivity index (χ3v) is 4.37. The molecule has 0 saturated heterocycles. The Balaban J connectivity index is 2.17. The van der Waals surface area contributed by atoms with E-state index in [1.165, 1.54) is 6.34 Å². The van der Waals surface area contributed by atoms with Crippen LogP contribution in [0.2, 0.25) is 0 Å². The molecule has 0 aromatic heterocycles. The van der Waals surface area contributed by atoms with Gasteiger partial charge in [-0.3, -0.25) is 0 Å². The van der Waals surface area contributed by atoms with Crippen LogP contribution < -0.4 is 5.73 Å². The molecule has 26 heavy (non-hydrogen) atoms. The topological polar surface area (TPSA) is 104 Å². The van der Waals surface area contributed by atoms with Gasteiger partial charge in [0.1, 0.15) is 5.70 Å². The minimum atomic E-state index is -0.540. The van der Waals surface area contributed by atoms with E-state index < -0.39 is 12.0 Å². The molecule has 2 aliphatic rings. The largest absolute Gasteiger partial charge is 0.463 e. The number of fused-ring (bicyclic) bond motifs is 1. The fraction of sp³-hybridized carbons (Fsp3) is 0.222. The number of carbonyl (C=O) groups is 1. The van der Waals surface area contributed by atoms with Crippen molar-refractivity contribution >= 4 is 29.7 Å². The van der Waals surface area contributed by atoms with E-state index in [1.807, 2.05) is 0 Å². The molecular formula is C18H16ClN5O2. The Bertz CT molecular complexity index is 922. The molecule has 1 unspecified atom stereocenters. The summed E-state index contributed by atoms with van der Waals surface area (Å²) in [7, 11) is 0. The number of nitriles is 1. The highest BCUT2D eigenvalue weighted by Crippen LogP contribution is 2.37. The van der Waals surface area contributed by atoms with Crippen LogP contribution in [0.4, 0.5) is 0 Å². The predicted octanol–water partition coefficient (Wildman–Crippen LogP) is 2.56. The molecule has 0 amide bonds. The first-order valence-corrected chi connectivity index (χ1v) is 8.30. The summed E-state index contributed by atoms with van der Waals surface area (Å²) in [5.74, 6) is -0.0420. The normalized spacial score (nSPS) is 19.1. The van der Waals surface area contributed by atoms with E-state index in [4.69, 9.17) is 27.3 Å². The van der Waals surface area contributed by atoms with Crippen LogP contribution in [0, 0.1) is 11.3 Å². The van der Waals surface area contributed by atoms with Crippen LogP contribution in [0.5, 0.6) is 0 Å². The van der Waals surface area contributed by atoms with Crippen LogP contribution >= 0.6 is 11.6 Å². The maximum atomic E-state index is 12.6. The maximum Gasteiger partial charge on any atom is 0.338 e. The van der Waals surface area contributed by atoms with Crippen LogP contribution in [0.15, 0.2) is 56.4 Å². The van der Waals surface area contributed by atoms with Crippen molar-refractivity contribution in [2.75, 3.05) is 6.61 Å². The van der Waals surface area contributed by atoms with Gasteiger partial charge in [0.25, 0.3) is 0 Å². The molecule has 7 nitrogen and oxygen atoms in total. The maximum absolute atomic E-state index is 12.6. The predicted molar refractivity (Wildman–Crippen MR) is 98.1 cm³/mol. The standard InChI is InChI=1S/C18H16ClN5O2/c1-3-26-18(25)13-10(2)23-17-14(21)16(19)22-9-24(17)15(13)12-6-4-11(8-20)5-7-12/h4-7,9,15H,3,21H2,1-2H3. The molecule has 2 aliphatic heterocycles. The SMILES string of the molecule is CCOC(=O)C1=C(C)N=C2C(N)=C(Cl)N=CN2C1c1ccc(C#N)cc1. The van der Waals surface area contributed by atoms with Gasteiger partial charge in [-0.05, 0) is 31.5 Å². The lowest BCUT2D eigenvalue weighted by Crippen LogP contribution is -2.43. The second-order valence-corrected chi connectivity index (χ2v) is 6.01. The lowest BCUT2D eigenvalue weighted by molar-refractivity contribution is -0.139. The van der Waals surface area contributed by atoms with E-state index in [1.54, 1.807) is 43.0 Å². The number of amidine groups is 1. The van der Waals surface area contributed by atoms with Gasteiger partial charge in [-0.15, -0.1) is 0 Å². The van der Waals surface area contributed by atoms with E-state index >= 15 is 0 Å². The van der Waals surface area contributed by atoms with Gasteiger partial charge in [0, 0.05) is 0 Å². The molecule has 1 aromatic carbocycles. The number of hydrogen-bond donors (Lipinski definition) is 1. The zero-order chi connectivity index (χ0) is 18.8. The summed E-state index contributed by atoms with van der Waals surface area (Å²) < 4.78 is 5.22. The summed E-state index contributed by atoms with van der Waals surface area (Å²) in [6.45, 7) is 3.71. The van der Waals surface area contributed by atoms with Crippen molar-refractivity contribution in [2.45, 2.75) is 19.9 Å². The molecule has 132 valence electrons. The highest BCUT2D eigenvalue weighted by Gasteiger charge is 2.38. The molecule has 0 aliphatic carbocycles. The lowest BCUT2D eigenvalue weighted by Gasteiger charge is -2.37. The summed E-state index contributed by atoms with van der Waals surface area (Å²) in [5.41, 5.74) is 8.45. The smallest absolute Gasteiger partial charge is 0.338 e. The van der Waals surface area contributed by atoms with Gasteiger partial charge in [-0.25, -0.2) is 14.8 Å². The minimum absolute atomic E-state index is 0.144. The van der Waals surface area contributed by atoms with Crippen molar-refractivity contribution in [2.24, 2.45) is 15.7 Å². The molecule has 1 atom stereocenters. The van der Waals surface area contributed by atoms with E-state index in [2.05, 4.69) is 16.1 Å². The number of nitrogens with zero attached hydrogens (tertiary/aromatic N) is 4. The summed E-state index contributed by atoms with van der Waals surface area (Å²) in [6.07, 6.45) is 1.49. The van der Waals surface area contributed by atoms with Gasteiger partial charge in [0.05, 0.1) is 41.9 Å². The van der Waals surface area contributed by atoms with Crippen molar-refractivity contribution in [3.05, 3.63) is 57.5 Å². The molecule has 0 radical (unpaired) electrons. The molecule has 1 aromatic rings. The van der Waals surface area contributed by atoms with Gasteiger partial charge in [0.15, 0.2) is 11.0 Å². The first kappa shape index (κ1) is 17.7. The molecule has 0 fully saturated rings. The average molecular weight is 370 g/mol. The fourth-order valence-corrected chi connectivity index (χ4v) is 2.99. The summed E-state index contributed by atoms with van der Waals surface area (Å²) in [6, 6.07) is 8.47. The first-order valence-electron chi connectivity index (χ1n) is 7.92. The van der Waals surface area contributed by atoms with E-state index in [-0.39, 0.29) is 17.5 Å². The van der Waals surface area contributed by atoms with Crippen molar-refractivity contribution in [3.63, 3.8) is 0 Å². The van der Waals surface area contributed by atoms with Gasteiger partial charge < -0.3 is 15.4 Å². The van der Waals surface area contributed by atoms with Crippen molar-refractivity contribution in [1.29, 1.82) is 5.26 Å². The van der Waals surface area contributed by atoms with E-state index in [0.29, 0.717) is 22.7 Å². The minimum Gasteiger partial charge on any atom is -0.463 e. The summed E-state index contributed by atoms with van der Waals surface area (Å²) >= 11 is 6.02. The number of esters is 1. The molecule has 3 rings (SSSR count). The van der Waals surface area contributed by atoms with Crippen molar-refractivity contribution in [3.8, 4) is 6.07 Å². The number of benzene rings is 1. The molecule has 0 bridgehead atoms. The van der Waals surface area contributed by atoms with Gasteiger partial charge in [-0.1, -0.05) is 23.7 Å². The van der Waals surface area contributed by atoms with Gasteiger partial charge in [0.2, 0.25) is 0 Å². The van der Waals surface area contributed by atoms with Crippen LogP contribution in [-0.4, -0.2) is 29.7 Å². The van der Waals surface area contributed by atoms with Crippen LogP contribution in [-0.2, 0) is 9.53 Å². The Morgan fingerprint density at radius 3 is 2.73 bits per heavy atom. The van der Waals surface area contributed by atoms with Crippen LogP contribution in [0.3, 0.4) is 0 Å². The highest BCUT2D eigenvalue weighted by molar-refractivity contribution is 6.33. The van der Waals surface area contributed by atoms with Gasteiger partial charge in [-0.2, -0.15) is 5.26 Å². The number of allylic oxidation sites excluding steroid dienone is 1. The lowest BCUT2D eigenvalue weighted by atomic mass is 9.93. The number of carbonyl (C=O) groups excluding carboxylic acids is 1. The number of hydrogen-bond acceptors (Lipinski definition) is 7. The monoisotopic (exact) mass is 369 g/mol.